The van der Waals surface area contributed by atoms with E-state index in [1.54, 1.807) is 20.8 Å². The van der Waals surface area contributed by atoms with Crippen molar-refractivity contribution in [3.63, 3.8) is 0 Å². The average Bonchev–Trinajstić information content (AvgIpc) is 2.95. The molecule has 1 aromatic heterocycles. The highest BCUT2D eigenvalue weighted by Crippen LogP contribution is 2.42. The highest BCUT2D eigenvalue weighted by Gasteiger charge is 2.30. The number of piperidine rings is 1. The lowest BCUT2D eigenvalue weighted by Crippen LogP contribution is -2.38. The van der Waals surface area contributed by atoms with Crippen molar-refractivity contribution < 1.29 is 24.5 Å². The second-order valence-electron chi connectivity index (χ2n) is 13.2. The molecule has 0 amide bonds. The van der Waals surface area contributed by atoms with E-state index >= 15 is 0 Å². The fraction of sp³-hybridized carbons (Fsp3) is 0.514. The Hall–Kier alpha value is -3.58. The number of carboxylic acid groups (broad SMARTS) is 1. The first-order chi connectivity index (χ1) is 20.7. The summed E-state index contributed by atoms with van der Waals surface area (Å²) in [4.78, 5) is 19.0. The third-order valence-corrected chi connectivity index (χ3v) is 7.74. The zero-order valence-corrected chi connectivity index (χ0v) is 28.2. The standard InChI is InChI=1S/C31H36N2O4.C4H10O.C2H6/c1-20-25(19-28(34)35)30(33-16-14-31(3,4)15-17-33)29(21(2)32-20)22-9-11-23(12-10-22)37-27-13-18-36-26-8-6-5-7-24(26)27;1-4(2,3)5;1-2/h5-12,27H,13-19H2,1-4H3,(H,34,35);5H,1-3H3;1-2H3. The number of ether oxygens (including phenoxy) is 2. The number of aryl methyl sites for hydroxylation is 2. The number of hydrogen-bond acceptors (Lipinski definition) is 6. The van der Waals surface area contributed by atoms with Gasteiger partial charge in [-0.1, -0.05) is 58.0 Å². The van der Waals surface area contributed by atoms with Gasteiger partial charge >= 0.3 is 5.97 Å². The van der Waals surface area contributed by atoms with Crippen LogP contribution in [0.15, 0.2) is 48.5 Å². The Morgan fingerprint density at radius 3 is 2.20 bits per heavy atom. The fourth-order valence-electron chi connectivity index (χ4n) is 5.56. The van der Waals surface area contributed by atoms with E-state index in [9.17, 15) is 9.90 Å². The van der Waals surface area contributed by atoms with Gasteiger partial charge in [-0.15, -0.1) is 0 Å². The van der Waals surface area contributed by atoms with Gasteiger partial charge in [0.25, 0.3) is 0 Å². The summed E-state index contributed by atoms with van der Waals surface area (Å²) in [7, 11) is 0. The minimum absolute atomic E-state index is 0.0360. The summed E-state index contributed by atoms with van der Waals surface area (Å²) in [6.45, 7) is 20.2. The number of aliphatic hydroxyl groups is 1. The normalized spacial score (nSPS) is 17.1. The number of aromatic nitrogens is 1. The first kappa shape index (κ1) is 34.9. The number of pyridine rings is 1. The number of para-hydroxylation sites is 1. The van der Waals surface area contributed by atoms with E-state index in [1.807, 2.05) is 58.0 Å². The van der Waals surface area contributed by atoms with Gasteiger partial charge in [0.05, 0.1) is 24.3 Å². The zero-order valence-electron chi connectivity index (χ0n) is 28.2. The van der Waals surface area contributed by atoms with Crippen molar-refractivity contribution in [3.05, 3.63) is 71.0 Å². The van der Waals surface area contributed by atoms with E-state index in [2.05, 4.69) is 36.9 Å². The summed E-state index contributed by atoms with van der Waals surface area (Å²) in [5.74, 6) is 0.853. The molecule has 2 aromatic carbocycles. The minimum atomic E-state index is -0.834. The predicted octanol–water partition coefficient (Wildman–Crippen LogP) is 8.32. The Morgan fingerprint density at radius 2 is 1.61 bits per heavy atom. The lowest BCUT2D eigenvalue weighted by atomic mass is 9.82. The van der Waals surface area contributed by atoms with Gasteiger partial charge in [0, 0.05) is 47.6 Å². The molecule has 44 heavy (non-hydrogen) atoms. The van der Waals surface area contributed by atoms with Crippen LogP contribution in [-0.4, -0.2) is 46.5 Å². The van der Waals surface area contributed by atoms with Gasteiger partial charge in [0.15, 0.2) is 0 Å². The Bertz CT molecular complexity index is 1380. The molecule has 2 aliphatic heterocycles. The lowest BCUT2D eigenvalue weighted by Gasteiger charge is -2.40. The molecule has 3 heterocycles. The molecule has 1 unspecified atom stereocenters. The van der Waals surface area contributed by atoms with Gasteiger partial charge in [0.2, 0.25) is 0 Å². The van der Waals surface area contributed by atoms with Crippen LogP contribution in [0.3, 0.4) is 0 Å². The van der Waals surface area contributed by atoms with Gasteiger partial charge in [-0.3, -0.25) is 9.78 Å². The van der Waals surface area contributed by atoms with Crippen LogP contribution in [0, 0.1) is 19.3 Å². The van der Waals surface area contributed by atoms with Gasteiger partial charge in [-0.25, -0.2) is 0 Å². The summed E-state index contributed by atoms with van der Waals surface area (Å²) < 4.78 is 12.2. The Morgan fingerprint density at radius 1 is 1.02 bits per heavy atom. The number of anilines is 1. The van der Waals surface area contributed by atoms with Crippen molar-refractivity contribution in [1.29, 1.82) is 0 Å². The summed E-state index contributed by atoms with van der Waals surface area (Å²) in [5, 5.41) is 18.2. The number of fused-ring (bicyclic) bond motifs is 1. The van der Waals surface area contributed by atoms with Crippen LogP contribution < -0.4 is 14.4 Å². The minimum Gasteiger partial charge on any atom is -0.493 e. The van der Waals surface area contributed by atoms with Crippen LogP contribution in [0.4, 0.5) is 5.69 Å². The fourth-order valence-corrected chi connectivity index (χ4v) is 5.56. The molecule has 0 aliphatic carbocycles. The zero-order chi connectivity index (χ0) is 32.7. The molecule has 0 radical (unpaired) electrons. The third kappa shape index (κ3) is 9.46. The number of hydrogen-bond donors (Lipinski definition) is 2. The Kier molecular flexibility index (Phi) is 11.8. The summed E-state index contributed by atoms with van der Waals surface area (Å²) in [6.07, 6.45) is 2.85. The summed E-state index contributed by atoms with van der Waals surface area (Å²) in [5.41, 5.74) is 6.45. The lowest BCUT2D eigenvalue weighted by molar-refractivity contribution is -0.136. The molecular formula is C37H52N2O5. The molecule has 0 spiro atoms. The molecule has 1 saturated heterocycles. The van der Waals surface area contributed by atoms with Crippen molar-refractivity contribution >= 4 is 11.7 Å². The molecule has 0 saturated carbocycles. The average molecular weight is 605 g/mol. The summed E-state index contributed by atoms with van der Waals surface area (Å²) in [6, 6.07) is 16.2. The van der Waals surface area contributed by atoms with Crippen molar-refractivity contribution in [3.8, 4) is 22.6 Å². The summed E-state index contributed by atoms with van der Waals surface area (Å²) >= 11 is 0. The van der Waals surface area contributed by atoms with Crippen LogP contribution in [0.5, 0.6) is 11.5 Å². The smallest absolute Gasteiger partial charge is 0.307 e. The van der Waals surface area contributed by atoms with Crippen LogP contribution in [0.2, 0.25) is 0 Å². The van der Waals surface area contributed by atoms with E-state index in [-0.39, 0.29) is 12.5 Å². The number of benzene rings is 2. The van der Waals surface area contributed by atoms with Gasteiger partial charge in [-0.2, -0.15) is 0 Å². The van der Waals surface area contributed by atoms with Crippen LogP contribution in [0.25, 0.3) is 11.1 Å². The van der Waals surface area contributed by atoms with Crippen LogP contribution >= 0.6 is 0 Å². The van der Waals surface area contributed by atoms with Crippen molar-refractivity contribution in [2.24, 2.45) is 5.41 Å². The highest BCUT2D eigenvalue weighted by atomic mass is 16.5. The molecule has 2 N–H and O–H groups in total. The third-order valence-electron chi connectivity index (χ3n) is 7.74. The number of carbonyl (C=O) groups is 1. The molecule has 3 aromatic rings. The molecule has 1 fully saturated rings. The SMILES string of the molecule is CC.CC(C)(C)O.Cc1nc(C)c(-c2ccc(OC3CCOc4ccccc43)cc2)c(N2CCC(C)(C)CC2)c1CC(=O)O. The van der Waals surface area contributed by atoms with Crippen molar-refractivity contribution in [2.75, 3.05) is 24.6 Å². The monoisotopic (exact) mass is 604 g/mol. The van der Waals surface area contributed by atoms with E-state index in [1.165, 1.54) is 0 Å². The molecular weight excluding hydrogens is 552 g/mol. The predicted molar refractivity (Wildman–Crippen MR) is 179 cm³/mol. The maximum Gasteiger partial charge on any atom is 0.307 e. The second-order valence-corrected chi connectivity index (χ2v) is 13.2. The molecule has 7 heteroatoms. The first-order valence-corrected chi connectivity index (χ1v) is 15.9. The van der Waals surface area contributed by atoms with E-state index in [0.717, 1.165) is 83.2 Å². The van der Waals surface area contributed by atoms with E-state index in [4.69, 9.17) is 19.6 Å². The number of aliphatic carboxylic acids is 1. The van der Waals surface area contributed by atoms with Crippen LogP contribution in [-0.2, 0) is 11.2 Å². The Balaban J connectivity index is 0.000000688. The number of nitrogens with zero attached hydrogens (tertiary/aromatic N) is 2. The van der Waals surface area contributed by atoms with Gasteiger partial charge < -0.3 is 24.6 Å². The Labute approximate surface area is 264 Å². The van der Waals surface area contributed by atoms with E-state index in [0.29, 0.717) is 12.0 Å². The maximum absolute atomic E-state index is 11.8. The second kappa shape index (κ2) is 14.9. The van der Waals surface area contributed by atoms with E-state index < -0.39 is 11.6 Å². The van der Waals surface area contributed by atoms with Crippen LogP contribution in [0.1, 0.15) is 96.3 Å². The highest BCUT2D eigenvalue weighted by molar-refractivity contribution is 5.86. The van der Waals surface area contributed by atoms with Crippen molar-refractivity contribution in [2.45, 2.75) is 99.7 Å². The van der Waals surface area contributed by atoms with Crippen molar-refractivity contribution in [1.82, 2.24) is 4.98 Å². The topological polar surface area (TPSA) is 92.1 Å². The number of carboxylic acids is 1. The van der Waals surface area contributed by atoms with Gasteiger partial charge in [-0.05, 0) is 76.6 Å². The molecule has 240 valence electrons. The molecule has 1 atom stereocenters. The largest absolute Gasteiger partial charge is 0.493 e. The molecule has 5 rings (SSSR count). The molecule has 0 bridgehead atoms. The molecule has 2 aliphatic rings. The maximum atomic E-state index is 11.8. The quantitative estimate of drug-likeness (QED) is 0.292. The van der Waals surface area contributed by atoms with Gasteiger partial charge in [0.1, 0.15) is 17.6 Å². The number of rotatable bonds is 6. The molecule has 7 nitrogen and oxygen atoms in total. The first-order valence-electron chi connectivity index (χ1n) is 15.9.